The third-order valence-electron chi connectivity index (χ3n) is 9.60. The molecule has 0 spiro atoms. The lowest BCUT2D eigenvalue weighted by Crippen LogP contribution is -2.00. The van der Waals surface area contributed by atoms with E-state index >= 15 is 0 Å². The van der Waals surface area contributed by atoms with Crippen LogP contribution in [0.3, 0.4) is 0 Å². The van der Waals surface area contributed by atoms with E-state index in [1.807, 2.05) is 60.8 Å². The third-order valence-corrected chi connectivity index (χ3v) is 9.60. The standard InChI is InChI=1S/C46H28N4O/c1-2-11-31(12-3-1)44-48-45(50-46(49-44)34-23-18-29-10-4-5-13-33(29)28-34)32-21-19-30(20-22-32)35-24-25-38(37-15-7-6-14-36(35)37)43-42-39-16-8-9-17-40(39)51-41(42)26-27-47-43/h1-28H. The third kappa shape index (κ3) is 5.03. The summed E-state index contributed by atoms with van der Waals surface area (Å²) in [7, 11) is 0. The van der Waals surface area contributed by atoms with Crippen LogP contribution in [0.25, 0.3) is 100 Å². The fourth-order valence-corrected chi connectivity index (χ4v) is 7.11. The molecule has 0 bridgehead atoms. The van der Waals surface area contributed by atoms with Crippen LogP contribution in [0.4, 0.5) is 0 Å². The smallest absolute Gasteiger partial charge is 0.164 e. The van der Waals surface area contributed by atoms with Gasteiger partial charge in [-0.3, -0.25) is 4.98 Å². The molecule has 10 aromatic rings. The van der Waals surface area contributed by atoms with Crippen molar-refractivity contribution in [2.24, 2.45) is 0 Å². The highest BCUT2D eigenvalue weighted by molar-refractivity contribution is 6.15. The molecule has 0 fully saturated rings. The number of nitrogens with zero attached hydrogens (tertiary/aromatic N) is 4. The second-order valence-electron chi connectivity index (χ2n) is 12.6. The molecule has 3 heterocycles. The van der Waals surface area contributed by atoms with Crippen molar-refractivity contribution >= 4 is 43.5 Å². The van der Waals surface area contributed by atoms with E-state index in [1.54, 1.807) is 0 Å². The number of benzene rings is 7. The molecule has 0 aliphatic heterocycles. The first-order chi connectivity index (χ1) is 25.3. The van der Waals surface area contributed by atoms with Gasteiger partial charge in [0.1, 0.15) is 11.2 Å². The lowest BCUT2D eigenvalue weighted by molar-refractivity contribution is 0.668. The van der Waals surface area contributed by atoms with E-state index in [0.717, 1.165) is 77.2 Å². The zero-order valence-corrected chi connectivity index (χ0v) is 27.4. The van der Waals surface area contributed by atoms with Crippen molar-refractivity contribution in [3.8, 4) is 56.5 Å². The van der Waals surface area contributed by atoms with E-state index < -0.39 is 0 Å². The number of para-hydroxylation sites is 1. The van der Waals surface area contributed by atoms with Gasteiger partial charge in [-0.25, -0.2) is 15.0 Å². The van der Waals surface area contributed by atoms with Crippen LogP contribution >= 0.6 is 0 Å². The average molecular weight is 653 g/mol. The van der Waals surface area contributed by atoms with Crippen LogP contribution in [0.1, 0.15) is 0 Å². The minimum atomic E-state index is 0.630. The summed E-state index contributed by atoms with van der Waals surface area (Å²) in [5.74, 6) is 1.91. The zero-order valence-electron chi connectivity index (χ0n) is 27.4. The first-order valence-corrected chi connectivity index (χ1v) is 17.0. The van der Waals surface area contributed by atoms with Crippen LogP contribution in [0.15, 0.2) is 174 Å². The van der Waals surface area contributed by atoms with E-state index in [1.165, 1.54) is 5.39 Å². The monoisotopic (exact) mass is 652 g/mol. The molecule has 0 atom stereocenters. The summed E-state index contributed by atoms with van der Waals surface area (Å²) in [6.07, 6.45) is 1.83. The van der Waals surface area contributed by atoms with Crippen LogP contribution in [0.5, 0.6) is 0 Å². The Labute approximate surface area is 293 Å². The van der Waals surface area contributed by atoms with Gasteiger partial charge in [0.25, 0.3) is 0 Å². The van der Waals surface area contributed by atoms with Gasteiger partial charge in [0, 0.05) is 33.8 Å². The summed E-state index contributed by atoms with van der Waals surface area (Å²) < 4.78 is 6.20. The number of rotatable bonds is 5. The zero-order chi connectivity index (χ0) is 33.7. The predicted octanol–water partition coefficient (Wildman–Crippen LogP) is 11.8. The molecule has 238 valence electrons. The summed E-state index contributed by atoms with van der Waals surface area (Å²) in [5, 5.41) is 6.71. The van der Waals surface area contributed by atoms with Gasteiger partial charge < -0.3 is 4.42 Å². The van der Waals surface area contributed by atoms with E-state index in [-0.39, 0.29) is 0 Å². The lowest BCUT2D eigenvalue weighted by atomic mass is 9.92. The van der Waals surface area contributed by atoms with Gasteiger partial charge in [-0.2, -0.15) is 0 Å². The van der Waals surface area contributed by atoms with E-state index in [2.05, 4.69) is 109 Å². The first-order valence-electron chi connectivity index (χ1n) is 17.0. The maximum absolute atomic E-state index is 6.20. The van der Waals surface area contributed by atoms with Gasteiger partial charge in [-0.1, -0.05) is 146 Å². The van der Waals surface area contributed by atoms with Crippen LogP contribution in [-0.2, 0) is 0 Å². The van der Waals surface area contributed by atoms with Crippen molar-refractivity contribution in [1.82, 2.24) is 19.9 Å². The number of aromatic nitrogens is 4. The molecule has 0 saturated carbocycles. The molecule has 0 aliphatic rings. The van der Waals surface area contributed by atoms with Gasteiger partial charge in [0.2, 0.25) is 0 Å². The molecule has 0 radical (unpaired) electrons. The quantitative estimate of drug-likeness (QED) is 0.185. The Hall–Kier alpha value is -6.98. The molecule has 10 rings (SSSR count). The van der Waals surface area contributed by atoms with Crippen molar-refractivity contribution < 1.29 is 4.42 Å². The maximum Gasteiger partial charge on any atom is 0.164 e. The van der Waals surface area contributed by atoms with Crippen LogP contribution in [-0.4, -0.2) is 19.9 Å². The molecule has 0 N–H and O–H groups in total. The molecule has 0 saturated heterocycles. The number of hydrogen-bond donors (Lipinski definition) is 0. The van der Waals surface area contributed by atoms with Crippen molar-refractivity contribution in [1.29, 1.82) is 0 Å². The van der Waals surface area contributed by atoms with Crippen molar-refractivity contribution in [3.05, 3.63) is 170 Å². The second-order valence-corrected chi connectivity index (χ2v) is 12.6. The Morgan fingerprint density at radius 2 is 0.941 bits per heavy atom. The topological polar surface area (TPSA) is 64.7 Å². The van der Waals surface area contributed by atoms with Gasteiger partial charge in [0.15, 0.2) is 17.5 Å². The van der Waals surface area contributed by atoms with E-state index in [9.17, 15) is 0 Å². The maximum atomic E-state index is 6.20. The Kier molecular flexibility index (Phi) is 6.74. The molecule has 0 amide bonds. The molecule has 7 aromatic carbocycles. The molecule has 0 aliphatic carbocycles. The van der Waals surface area contributed by atoms with Crippen molar-refractivity contribution in [2.75, 3.05) is 0 Å². The van der Waals surface area contributed by atoms with E-state index in [4.69, 9.17) is 24.4 Å². The number of fused-ring (bicyclic) bond motifs is 5. The summed E-state index contributed by atoms with van der Waals surface area (Å²) in [6.45, 7) is 0. The predicted molar refractivity (Wildman–Crippen MR) is 207 cm³/mol. The number of pyridine rings is 1. The minimum absolute atomic E-state index is 0.630. The fraction of sp³-hybridized carbons (Fsp3) is 0. The van der Waals surface area contributed by atoms with Crippen molar-refractivity contribution in [2.45, 2.75) is 0 Å². The molecule has 3 aromatic heterocycles. The highest BCUT2D eigenvalue weighted by Crippen LogP contribution is 2.40. The minimum Gasteiger partial charge on any atom is -0.456 e. The Balaban J connectivity index is 1.07. The highest BCUT2D eigenvalue weighted by atomic mass is 16.3. The summed E-state index contributed by atoms with van der Waals surface area (Å²) in [4.78, 5) is 19.8. The van der Waals surface area contributed by atoms with Crippen molar-refractivity contribution in [3.63, 3.8) is 0 Å². The summed E-state index contributed by atoms with van der Waals surface area (Å²) in [5.41, 5.74) is 8.75. The average Bonchev–Trinajstić information content (AvgIpc) is 3.60. The Bertz CT molecular complexity index is 2910. The van der Waals surface area contributed by atoms with Crippen LogP contribution in [0, 0.1) is 0 Å². The SMILES string of the molecule is c1ccc(-c2nc(-c3ccc(-c4ccc(-c5nccc6oc7ccccc7c56)c5ccccc45)cc3)nc(-c3ccc4ccccc4c3)n2)cc1. The van der Waals surface area contributed by atoms with Crippen LogP contribution in [0.2, 0.25) is 0 Å². The normalized spacial score (nSPS) is 11.5. The largest absolute Gasteiger partial charge is 0.456 e. The summed E-state index contributed by atoms with van der Waals surface area (Å²) in [6, 6.07) is 56.3. The highest BCUT2D eigenvalue weighted by Gasteiger charge is 2.18. The van der Waals surface area contributed by atoms with Gasteiger partial charge in [-0.05, 0) is 50.9 Å². The number of furan rings is 1. The van der Waals surface area contributed by atoms with Gasteiger partial charge in [0.05, 0.1) is 11.1 Å². The molecule has 5 nitrogen and oxygen atoms in total. The lowest BCUT2D eigenvalue weighted by Gasteiger charge is -2.13. The molecule has 0 unspecified atom stereocenters. The second kappa shape index (κ2) is 11.9. The molecular weight excluding hydrogens is 625 g/mol. The van der Waals surface area contributed by atoms with Gasteiger partial charge >= 0.3 is 0 Å². The Morgan fingerprint density at radius 1 is 0.373 bits per heavy atom. The van der Waals surface area contributed by atoms with Crippen LogP contribution < -0.4 is 0 Å². The number of hydrogen-bond acceptors (Lipinski definition) is 5. The summed E-state index contributed by atoms with van der Waals surface area (Å²) >= 11 is 0. The molecule has 5 heteroatoms. The molecule has 51 heavy (non-hydrogen) atoms. The Morgan fingerprint density at radius 3 is 1.73 bits per heavy atom. The van der Waals surface area contributed by atoms with Gasteiger partial charge in [-0.15, -0.1) is 0 Å². The fourth-order valence-electron chi connectivity index (χ4n) is 7.11. The van der Waals surface area contributed by atoms with E-state index in [0.29, 0.717) is 17.5 Å². The molecular formula is C46H28N4O. The first kappa shape index (κ1) is 29.0.